The Balaban J connectivity index is 2.04. The molecule has 164 valence electrons. The summed E-state index contributed by atoms with van der Waals surface area (Å²) in [6.45, 7) is -3.98. The molecule has 1 aliphatic carbocycles. The Morgan fingerprint density at radius 1 is 1.28 bits per heavy atom. The molecule has 1 amide bonds. The van der Waals surface area contributed by atoms with Crippen molar-refractivity contribution in [3.8, 4) is 5.75 Å². The molecule has 0 radical (unpaired) electrons. The van der Waals surface area contributed by atoms with Crippen LogP contribution in [0.15, 0.2) is 24.3 Å². The number of ether oxygens (including phenoxy) is 2. The molecule has 2 N–H and O–H groups in total. The Bertz CT molecular complexity index is 691. The molecule has 1 aromatic rings. The summed E-state index contributed by atoms with van der Waals surface area (Å²) in [5, 5.41) is 12.1. The Morgan fingerprint density at radius 3 is 2.48 bits per heavy atom. The van der Waals surface area contributed by atoms with E-state index in [1.54, 1.807) is 0 Å². The lowest BCUT2D eigenvalue weighted by Crippen LogP contribution is -2.44. The highest BCUT2D eigenvalue weighted by atomic mass is 19.4. The van der Waals surface area contributed by atoms with E-state index in [0.717, 1.165) is 18.2 Å². The predicted octanol–water partition coefficient (Wildman–Crippen LogP) is 3.78. The first kappa shape index (κ1) is 23.2. The number of hydrogen-bond acceptors (Lipinski definition) is 4. The molecule has 2 unspecified atom stereocenters. The molecule has 0 saturated heterocycles. The average molecular weight is 433 g/mol. The molecule has 5 nitrogen and oxygen atoms in total. The molecule has 0 aromatic heterocycles. The standard InChI is InChI=1S/C17H18F7NO4/c18-15(19)28-8-12(9-2-1-3-11(4-9)29-17(22,23)24)25-14(27)5-13(26)10-6-16(20,21)7-10/h1-4,10,12-13,15,26H,5-8H2,(H,25,27). The number of carbonyl (C=O) groups excluding carboxylic acids is 1. The maximum absolute atomic E-state index is 12.9. The number of amides is 1. The lowest BCUT2D eigenvalue weighted by molar-refractivity contribution is -0.274. The van der Waals surface area contributed by atoms with Crippen LogP contribution in [0.4, 0.5) is 30.7 Å². The van der Waals surface area contributed by atoms with Gasteiger partial charge in [0, 0.05) is 12.8 Å². The van der Waals surface area contributed by atoms with Gasteiger partial charge in [-0.3, -0.25) is 4.79 Å². The summed E-state index contributed by atoms with van der Waals surface area (Å²) in [7, 11) is 0. The van der Waals surface area contributed by atoms with Gasteiger partial charge < -0.3 is 19.9 Å². The zero-order valence-electron chi connectivity index (χ0n) is 14.8. The van der Waals surface area contributed by atoms with Crippen LogP contribution in [-0.4, -0.2) is 42.6 Å². The van der Waals surface area contributed by atoms with Crippen molar-refractivity contribution in [2.75, 3.05) is 6.61 Å². The van der Waals surface area contributed by atoms with Crippen molar-refractivity contribution in [1.82, 2.24) is 5.32 Å². The molecule has 0 spiro atoms. The first-order valence-corrected chi connectivity index (χ1v) is 8.45. The number of aliphatic hydroxyl groups excluding tert-OH is 1. The molecule has 1 aromatic carbocycles. The molecule has 1 aliphatic rings. The highest BCUT2D eigenvalue weighted by molar-refractivity contribution is 5.77. The quantitative estimate of drug-likeness (QED) is 0.582. The number of nitrogens with one attached hydrogen (secondary N) is 1. The fourth-order valence-electron chi connectivity index (χ4n) is 2.91. The second-order valence-corrected chi connectivity index (χ2v) is 6.63. The number of benzene rings is 1. The smallest absolute Gasteiger partial charge is 0.406 e. The first-order chi connectivity index (χ1) is 13.3. The van der Waals surface area contributed by atoms with Gasteiger partial charge in [0.25, 0.3) is 0 Å². The zero-order chi connectivity index (χ0) is 21.8. The molecule has 0 bridgehead atoms. The minimum absolute atomic E-state index is 0.0228. The number of alkyl halides is 7. The van der Waals surface area contributed by atoms with Gasteiger partial charge in [-0.2, -0.15) is 8.78 Å². The Hall–Kier alpha value is -2.08. The zero-order valence-corrected chi connectivity index (χ0v) is 14.8. The van der Waals surface area contributed by atoms with E-state index in [4.69, 9.17) is 0 Å². The summed E-state index contributed by atoms with van der Waals surface area (Å²) in [6, 6.07) is 2.98. The Kier molecular flexibility index (Phi) is 7.33. The summed E-state index contributed by atoms with van der Waals surface area (Å²) >= 11 is 0. The molecular weight excluding hydrogens is 415 g/mol. The molecule has 1 fully saturated rings. The van der Waals surface area contributed by atoms with E-state index in [1.807, 2.05) is 0 Å². The second kappa shape index (κ2) is 9.16. The Labute approximate surface area is 160 Å². The third kappa shape index (κ3) is 7.69. The van der Waals surface area contributed by atoms with Crippen molar-refractivity contribution in [3.63, 3.8) is 0 Å². The SMILES string of the molecule is O=C(CC(O)C1CC(F)(F)C1)NC(COC(F)F)c1cccc(OC(F)(F)F)c1. The number of carbonyl (C=O) groups is 1. The van der Waals surface area contributed by atoms with Crippen molar-refractivity contribution in [2.24, 2.45) is 5.92 Å². The van der Waals surface area contributed by atoms with Crippen molar-refractivity contribution in [1.29, 1.82) is 0 Å². The third-order valence-electron chi connectivity index (χ3n) is 4.28. The largest absolute Gasteiger partial charge is 0.573 e. The van der Waals surface area contributed by atoms with Crippen LogP contribution >= 0.6 is 0 Å². The van der Waals surface area contributed by atoms with Crippen molar-refractivity contribution < 1.29 is 50.1 Å². The van der Waals surface area contributed by atoms with E-state index in [1.165, 1.54) is 6.07 Å². The van der Waals surface area contributed by atoms with E-state index < -0.39 is 74.5 Å². The maximum atomic E-state index is 12.9. The van der Waals surface area contributed by atoms with Gasteiger partial charge in [0.15, 0.2) is 0 Å². The van der Waals surface area contributed by atoms with Crippen molar-refractivity contribution in [2.45, 2.75) is 50.3 Å². The van der Waals surface area contributed by atoms with Gasteiger partial charge in [-0.1, -0.05) is 12.1 Å². The van der Waals surface area contributed by atoms with E-state index in [2.05, 4.69) is 14.8 Å². The lowest BCUT2D eigenvalue weighted by Gasteiger charge is -2.37. The second-order valence-electron chi connectivity index (χ2n) is 6.63. The van der Waals surface area contributed by atoms with Crippen LogP contribution in [0.25, 0.3) is 0 Å². The maximum Gasteiger partial charge on any atom is 0.573 e. The van der Waals surface area contributed by atoms with Gasteiger partial charge >= 0.3 is 13.0 Å². The van der Waals surface area contributed by atoms with Gasteiger partial charge in [-0.05, 0) is 23.6 Å². The van der Waals surface area contributed by atoms with Gasteiger partial charge in [0.05, 0.1) is 25.2 Å². The molecule has 1 saturated carbocycles. The van der Waals surface area contributed by atoms with Gasteiger partial charge in [0.1, 0.15) is 5.75 Å². The number of rotatable bonds is 9. The Morgan fingerprint density at radius 2 is 1.93 bits per heavy atom. The molecule has 0 heterocycles. The molecule has 0 aliphatic heterocycles. The van der Waals surface area contributed by atoms with Crippen LogP contribution in [0.5, 0.6) is 5.75 Å². The fourth-order valence-corrected chi connectivity index (χ4v) is 2.91. The summed E-state index contributed by atoms with van der Waals surface area (Å²) in [5.41, 5.74) is -0.0228. The van der Waals surface area contributed by atoms with Crippen LogP contribution in [0.2, 0.25) is 0 Å². The summed E-state index contributed by atoms with van der Waals surface area (Å²) in [6.07, 6.45) is -8.07. The molecule has 29 heavy (non-hydrogen) atoms. The van der Waals surface area contributed by atoms with Crippen LogP contribution in [0.1, 0.15) is 30.9 Å². The van der Waals surface area contributed by atoms with Crippen LogP contribution in [0, 0.1) is 5.92 Å². The normalized spacial score (nSPS) is 18.8. The van der Waals surface area contributed by atoms with Crippen LogP contribution < -0.4 is 10.1 Å². The van der Waals surface area contributed by atoms with E-state index >= 15 is 0 Å². The van der Waals surface area contributed by atoms with Gasteiger partial charge in [-0.15, -0.1) is 13.2 Å². The number of aliphatic hydroxyl groups is 1. The van der Waals surface area contributed by atoms with Gasteiger partial charge in [0.2, 0.25) is 11.8 Å². The summed E-state index contributed by atoms with van der Waals surface area (Å²) in [5.74, 6) is -5.18. The number of halogens is 7. The fraction of sp³-hybridized carbons (Fsp3) is 0.588. The summed E-state index contributed by atoms with van der Waals surface area (Å²) < 4.78 is 95.4. The van der Waals surface area contributed by atoms with Crippen molar-refractivity contribution >= 4 is 5.91 Å². The minimum Gasteiger partial charge on any atom is -0.406 e. The van der Waals surface area contributed by atoms with Crippen LogP contribution in [0.3, 0.4) is 0 Å². The molecule has 2 atom stereocenters. The van der Waals surface area contributed by atoms with Crippen molar-refractivity contribution in [3.05, 3.63) is 29.8 Å². The monoisotopic (exact) mass is 433 g/mol. The predicted molar refractivity (Wildman–Crippen MR) is 84.3 cm³/mol. The highest BCUT2D eigenvalue weighted by Gasteiger charge is 2.48. The molecule has 12 heteroatoms. The average Bonchev–Trinajstić information content (AvgIpc) is 2.54. The topological polar surface area (TPSA) is 67.8 Å². The molecule has 2 rings (SSSR count). The minimum atomic E-state index is -4.98. The van der Waals surface area contributed by atoms with E-state index in [9.17, 15) is 40.6 Å². The first-order valence-electron chi connectivity index (χ1n) is 8.45. The lowest BCUT2D eigenvalue weighted by atomic mass is 9.76. The molecular formula is C17H18F7NO4. The number of hydrogen-bond donors (Lipinski definition) is 2. The van der Waals surface area contributed by atoms with Crippen LogP contribution in [-0.2, 0) is 9.53 Å². The summed E-state index contributed by atoms with van der Waals surface area (Å²) in [4.78, 5) is 12.1. The van der Waals surface area contributed by atoms with E-state index in [0.29, 0.717) is 0 Å². The van der Waals surface area contributed by atoms with Gasteiger partial charge in [-0.25, -0.2) is 8.78 Å². The highest BCUT2D eigenvalue weighted by Crippen LogP contribution is 2.44. The third-order valence-corrected chi connectivity index (χ3v) is 4.28. The van der Waals surface area contributed by atoms with E-state index in [-0.39, 0.29) is 5.56 Å².